The normalized spacial score (nSPS) is 15.6. The van der Waals surface area contributed by atoms with Crippen LogP contribution >= 0.6 is 12.2 Å². The SMILES string of the molecule is Cc1nnc(OC2COC2)c(C(N)=S)c1C. The summed E-state index contributed by atoms with van der Waals surface area (Å²) in [6, 6.07) is 0. The number of rotatable bonds is 3. The van der Waals surface area contributed by atoms with Crippen LogP contribution in [0.3, 0.4) is 0 Å². The number of nitrogens with zero attached hydrogens (tertiary/aromatic N) is 2. The van der Waals surface area contributed by atoms with Gasteiger partial charge in [0.2, 0.25) is 5.88 Å². The number of aromatic nitrogens is 2. The predicted octanol–water partition coefficient (Wildman–Crippen LogP) is 0.505. The lowest BCUT2D eigenvalue weighted by atomic mass is 10.1. The lowest BCUT2D eigenvalue weighted by Crippen LogP contribution is -2.39. The third-order valence-corrected chi connectivity index (χ3v) is 2.76. The zero-order valence-corrected chi connectivity index (χ0v) is 10.0. The fraction of sp³-hybridized carbons (Fsp3) is 0.500. The molecular weight excluding hydrogens is 226 g/mol. The van der Waals surface area contributed by atoms with E-state index in [0.29, 0.717) is 24.7 Å². The van der Waals surface area contributed by atoms with Gasteiger partial charge in [0.25, 0.3) is 0 Å². The molecule has 16 heavy (non-hydrogen) atoms. The number of thiocarbonyl (C=S) groups is 1. The van der Waals surface area contributed by atoms with Gasteiger partial charge in [-0.25, -0.2) is 0 Å². The molecule has 0 spiro atoms. The van der Waals surface area contributed by atoms with Crippen LogP contribution in [0.15, 0.2) is 0 Å². The highest BCUT2D eigenvalue weighted by molar-refractivity contribution is 7.80. The van der Waals surface area contributed by atoms with Crippen molar-refractivity contribution in [3.8, 4) is 5.88 Å². The highest BCUT2D eigenvalue weighted by atomic mass is 32.1. The van der Waals surface area contributed by atoms with E-state index in [1.165, 1.54) is 0 Å². The van der Waals surface area contributed by atoms with Crippen molar-refractivity contribution in [2.75, 3.05) is 13.2 Å². The lowest BCUT2D eigenvalue weighted by molar-refractivity contribution is -0.0817. The third-order valence-electron chi connectivity index (χ3n) is 2.55. The van der Waals surface area contributed by atoms with E-state index in [-0.39, 0.29) is 11.1 Å². The van der Waals surface area contributed by atoms with E-state index in [9.17, 15) is 0 Å². The molecule has 0 radical (unpaired) electrons. The fourth-order valence-corrected chi connectivity index (χ4v) is 1.64. The molecule has 0 unspecified atom stereocenters. The zero-order chi connectivity index (χ0) is 11.7. The summed E-state index contributed by atoms with van der Waals surface area (Å²) >= 11 is 5.00. The van der Waals surface area contributed by atoms with Gasteiger partial charge in [-0.15, -0.1) is 5.10 Å². The highest BCUT2D eigenvalue weighted by Gasteiger charge is 2.24. The minimum atomic E-state index is 0.0320. The average molecular weight is 239 g/mol. The molecule has 2 heterocycles. The molecule has 1 aliphatic heterocycles. The van der Waals surface area contributed by atoms with Gasteiger partial charge < -0.3 is 15.2 Å². The van der Waals surface area contributed by atoms with Crippen molar-refractivity contribution in [1.82, 2.24) is 10.2 Å². The van der Waals surface area contributed by atoms with Crippen molar-refractivity contribution < 1.29 is 9.47 Å². The molecule has 1 fully saturated rings. The Kier molecular flexibility index (Phi) is 3.02. The molecule has 0 atom stereocenters. The molecule has 86 valence electrons. The maximum absolute atomic E-state index is 5.67. The summed E-state index contributed by atoms with van der Waals surface area (Å²) in [5.74, 6) is 0.406. The second-order valence-electron chi connectivity index (χ2n) is 3.73. The van der Waals surface area contributed by atoms with Gasteiger partial charge >= 0.3 is 0 Å². The van der Waals surface area contributed by atoms with Crippen molar-refractivity contribution >= 4 is 17.2 Å². The van der Waals surface area contributed by atoms with Crippen LogP contribution < -0.4 is 10.5 Å². The summed E-state index contributed by atoms with van der Waals surface area (Å²) in [7, 11) is 0. The maximum atomic E-state index is 5.67. The molecule has 2 rings (SSSR count). The monoisotopic (exact) mass is 239 g/mol. The van der Waals surface area contributed by atoms with Gasteiger partial charge in [-0.3, -0.25) is 0 Å². The van der Waals surface area contributed by atoms with E-state index in [1.807, 2.05) is 13.8 Å². The van der Waals surface area contributed by atoms with Crippen LogP contribution in [-0.2, 0) is 4.74 Å². The van der Waals surface area contributed by atoms with Crippen LogP contribution in [0.5, 0.6) is 5.88 Å². The Balaban J connectivity index is 2.35. The Bertz CT molecular complexity index is 432. The van der Waals surface area contributed by atoms with Crippen LogP contribution in [0.1, 0.15) is 16.8 Å². The van der Waals surface area contributed by atoms with Crippen LogP contribution in [0.2, 0.25) is 0 Å². The number of hydrogen-bond acceptors (Lipinski definition) is 5. The lowest BCUT2D eigenvalue weighted by Gasteiger charge is -2.27. The summed E-state index contributed by atoms with van der Waals surface area (Å²) in [5, 5.41) is 7.99. The average Bonchev–Trinajstić information content (AvgIpc) is 2.16. The van der Waals surface area contributed by atoms with Gasteiger partial charge in [0.1, 0.15) is 11.1 Å². The van der Waals surface area contributed by atoms with E-state index in [0.717, 1.165) is 11.3 Å². The van der Waals surface area contributed by atoms with Crippen LogP contribution in [0.25, 0.3) is 0 Å². The highest BCUT2D eigenvalue weighted by Crippen LogP contribution is 2.22. The number of hydrogen-bond donors (Lipinski definition) is 1. The van der Waals surface area contributed by atoms with Crippen molar-refractivity contribution in [2.24, 2.45) is 5.73 Å². The molecule has 1 aromatic rings. The standard InChI is InChI=1S/C10H13N3O2S/c1-5-6(2)12-13-10(8(5)9(11)16)15-7-3-14-4-7/h7H,3-4H2,1-2H3,(H2,11,16). The summed E-state index contributed by atoms with van der Waals surface area (Å²) in [6.07, 6.45) is 0.0320. The molecule has 0 aliphatic carbocycles. The van der Waals surface area contributed by atoms with E-state index in [4.69, 9.17) is 27.4 Å². The Morgan fingerprint density at radius 3 is 2.62 bits per heavy atom. The van der Waals surface area contributed by atoms with E-state index < -0.39 is 0 Å². The minimum absolute atomic E-state index is 0.0320. The smallest absolute Gasteiger partial charge is 0.244 e. The van der Waals surface area contributed by atoms with Gasteiger partial charge in [0.05, 0.1) is 24.5 Å². The topological polar surface area (TPSA) is 70.3 Å². The maximum Gasteiger partial charge on any atom is 0.244 e. The first-order chi connectivity index (χ1) is 7.59. The van der Waals surface area contributed by atoms with Gasteiger partial charge in [-0.05, 0) is 19.4 Å². The molecule has 1 saturated heterocycles. The largest absolute Gasteiger partial charge is 0.468 e. The first-order valence-corrected chi connectivity index (χ1v) is 5.38. The van der Waals surface area contributed by atoms with Gasteiger partial charge in [-0.1, -0.05) is 12.2 Å². The summed E-state index contributed by atoms with van der Waals surface area (Å²) in [6.45, 7) is 4.92. The quantitative estimate of drug-likeness (QED) is 0.775. The Morgan fingerprint density at radius 1 is 1.44 bits per heavy atom. The second kappa shape index (κ2) is 4.31. The number of nitrogens with two attached hydrogens (primary N) is 1. The summed E-state index contributed by atoms with van der Waals surface area (Å²) in [5.41, 5.74) is 8.07. The van der Waals surface area contributed by atoms with Crippen molar-refractivity contribution in [1.29, 1.82) is 0 Å². The minimum Gasteiger partial charge on any atom is -0.468 e. The van der Waals surface area contributed by atoms with E-state index >= 15 is 0 Å². The second-order valence-corrected chi connectivity index (χ2v) is 4.17. The van der Waals surface area contributed by atoms with Crippen molar-refractivity contribution in [3.63, 3.8) is 0 Å². The zero-order valence-electron chi connectivity index (χ0n) is 9.19. The molecular formula is C10H13N3O2S. The molecule has 1 aliphatic rings. The van der Waals surface area contributed by atoms with Crippen LogP contribution in [0, 0.1) is 13.8 Å². The molecule has 0 saturated carbocycles. The first kappa shape index (κ1) is 11.2. The molecule has 6 heteroatoms. The van der Waals surface area contributed by atoms with Gasteiger partial charge in [0.15, 0.2) is 0 Å². The molecule has 1 aromatic heterocycles. The number of ether oxygens (including phenoxy) is 2. The first-order valence-electron chi connectivity index (χ1n) is 4.97. The Hall–Kier alpha value is -1.27. The van der Waals surface area contributed by atoms with E-state index in [2.05, 4.69) is 10.2 Å². The summed E-state index contributed by atoms with van der Waals surface area (Å²) < 4.78 is 10.6. The van der Waals surface area contributed by atoms with Gasteiger partial charge in [0, 0.05) is 0 Å². The molecule has 0 aromatic carbocycles. The van der Waals surface area contributed by atoms with Gasteiger partial charge in [-0.2, -0.15) is 5.10 Å². The fourth-order valence-electron chi connectivity index (χ4n) is 1.40. The van der Waals surface area contributed by atoms with Crippen LogP contribution in [0.4, 0.5) is 0 Å². The molecule has 2 N–H and O–H groups in total. The van der Waals surface area contributed by atoms with Crippen molar-refractivity contribution in [2.45, 2.75) is 20.0 Å². The Morgan fingerprint density at radius 2 is 2.12 bits per heavy atom. The summed E-state index contributed by atoms with van der Waals surface area (Å²) in [4.78, 5) is 0.283. The molecule has 0 bridgehead atoms. The third kappa shape index (κ3) is 1.98. The Labute approximate surface area is 98.9 Å². The van der Waals surface area contributed by atoms with Crippen molar-refractivity contribution in [3.05, 3.63) is 16.8 Å². The molecule has 0 amide bonds. The number of aryl methyl sites for hydroxylation is 1. The molecule has 5 nitrogen and oxygen atoms in total. The van der Waals surface area contributed by atoms with Crippen LogP contribution in [-0.4, -0.2) is 34.5 Å². The van der Waals surface area contributed by atoms with E-state index in [1.54, 1.807) is 0 Å². The predicted molar refractivity (Wildman–Crippen MR) is 62.6 cm³/mol.